The Bertz CT molecular complexity index is 844. The number of urea groups is 1. The highest BCUT2D eigenvalue weighted by atomic mass is 16.5. The maximum atomic E-state index is 13.3. The molecular weight excluding hydrogens is 354 g/mol. The fraction of sp³-hybridized carbons (Fsp3) is 0.455. The van der Waals surface area contributed by atoms with Gasteiger partial charge in [0.2, 0.25) is 0 Å². The van der Waals surface area contributed by atoms with E-state index in [-0.39, 0.29) is 11.9 Å². The van der Waals surface area contributed by atoms with Crippen LogP contribution in [0.2, 0.25) is 0 Å². The molecule has 0 aliphatic carbocycles. The van der Waals surface area contributed by atoms with Crippen LogP contribution in [-0.4, -0.2) is 55.1 Å². The second-order valence-corrected chi connectivity index (χ2v) is 7.51. The first kappa shape index (κ1) is 20.1. The molecule has 2 aliphatic heterocycles. The van der Waals surface area contributed by atoms with E-state index in [1.807, 2.05) is 11.8 Å². The van der Waals surface area contributed by atoms with Gasteiger partial charge in [0.1, 0.15) is 0 Å². The summed E-state index contributed by atoms with van der Waals surface area (Å²) in [5.41, 5.74) is 5.86. The van der Waals surface area contributed by atoms with Gasteiger partial charge in [-0.05, 0) is 49.4 Å². The van der Waals surface area contributed by atoms with Gasteiger partial charge in [0, 0.05) is 26.8 Å². The zero-order valence-electron chi connectivity index (χ0n) is 17.2. The highest BCUT2D eigenvalue weighted by Crippen LogP contribution is 2.38. The number of benzene rings is 1. The summed E-state index contributed by atoms with van der Waals surface area (Å²) in [6.07, 6.45) is 2.45. The van der Waals surface area contributed by atoms with E-state index in [0.29, 0.717) is 31.8 Å². The zero-order chi connectivity index (χ0) is 20.4. The van der Waals surface area contributed by atoms with E-state index in [2.05, 4.69) is 37.9 Å². The number of ether oxygens (including phenoxy) is 1. The predicted octanol–water partition coefficient (Wildman–Crippen LogP) is 3.00. The monoisotopic (exact) mass is 383 g/mol. The van der Waals surface area contributed by atoms with Crippen molar-refractivity contribution in [2.24, 2.45) is 0 Å². The second-order valence-electron chi connectivity index (χ2n) is 7.51. The third-order valence-electron chi connectivity index (χ3n) is 5.58. The average molecular weight is 383 g/mol. The Kier molecular flexibility index (Phi) is 5.89. The van der Waals surface area contributed by atoms with Crippen molar-refractivity contribution in [3.05, 3.63) is 58.3 Å². The Morgan fingerprint density at radius 2 is 1.93 bits per heavy atom. The van der Waals surface area contributed by atoms with E-state index in [1.54, 1.807) is 18.1 Å². The normalized spacial score (nSPS) is 19.2. The molecule has 0 bridgehead atoms. The molecular formula is C22H29N3O3. The molecule has 1 N–H and O–H groups in total. The van der Waals surface area contributed by atoms with Crippen molar-refractivity contribution < 1.29 is 14.3 Å². The SMILES string of the molecule is C=CCN1C(=O)NC(c2cc(C)c(C)cc2C)C2=C1CN(CCCOC)C2=O. The Hall–Kier alpha value is -2.60. The van der Waals surface area contributed by atoms with Crippen LogP contribution in [0.5, 0.6) is 0 Å². The lowest BCUT2D eigenvalue weighted by molar-refractivity contribution is -0.125. The topological polar surface area (TPSA) is 61.9 Å². The minimum atomic E-state index is -0.428. The molecule has 3 rings (SSSR count). The fourth-order valence-electron chi connectivity index (χ4n) is 3.98. The Morgan fingerprint density at radius 3 is 2.61 bits per heavy atom. The molecule has 1 aromatic carbocycles. The molecule has 1 aromatic rings. The molecule has 6 nitrogen and oxygen atoms in total. The van der Waals surface area contributed by atoms with Crippen LogP contribution in [0.1, 0.15) is 34.7 Å². The molecule has 3 amide bonds. The van der Waals surface area contributed by atoms with Gasteiger partial charge in [-0.1, -0.05) is 18.2 Å². The number of hydrogen-bond acceptors (Lipinski definition) is 3. The number of nitrogens with one attached hydrogen (secondary N) is 1. The summed E-state index contributed by atoms with van der Waals surface area (Å²) in [5.74, 6) is -0.0113. The van der Waals surface area contributed by atoms with Crippen molar-refractivity contribution in [3.63, 3.8) is 0 Å². The van der Waals surface area contributed by atoms with E-state index < -0.39 is 6.04 Å². The van der Waals surface area contributed by atoms with Crippen LogP contribution in [0.3, 0.4) is 0 Å². The van der Waals surface area contributed by atoms with Gasteiger partial charge in [0.05, 0.1) is 23.9 Å². The van der Waals surface area contributed by atoms with Gasteiger partial charge in [-0.2, -0.15) is 0 Å². The summed E-state index contributed by atoms with van der Waals surface area (Å²) in [7, 11) is 1.65. The molecule has 0 aromatic heterocycles. The van der Waals surface area contributed by atoms with Crippen molar-refractivity contribution in [3.8, 4) is 0 Å². The van der Waals surface area contributed by atoms with E-state index in [0.717, 1.165) is 28.8 Å². The van der Waals surface area contributed by atoms with Crippen LogP contribution in [0.4, 0.5) is 4.79 Å². The smallest absolute Gasteiger partial charge is 0.322 e. The van der Waals surface area contributed by atoms with E-state index >= 15 is 0 Å². The summed E-state index contributed by atoms with van der Waals surface area (Å²) in [5, 5.41) is 3.05. The fourth-order valence-corrected chi connectivity index (χ4v) is 3.98. The molecule has 0 radical (unpaired) electrons. The number of nitrogens with zero attached hydrogens (tertiary/aromatic N) is 2. The highest BCUT2D eigenvalue weighted by molar-refractivity contribution is 6.01. The Balaban J connectivity index is 2.02. The molecule has 0 spiro atoms. The number of methoxy groups -OCH3 is 1. The molecule has 2 aliphatic rings. The summed E-state index contributed by atoms with van der Waals surface area (Å²) in [4.78, 5) is 29.5. The van der Waals surface area contributed by atoms with Crippen molar-refractivity contribution in [1.82, 2.24) is 15.1 Å². The summed E-state index contributed by atoms with van der Waals surface area (Å²) < 4.78 is 5.12. The molecule has 1 unspecified atom stereocenters. The van der Waals surface area contributed by atoms with Crippen LogP contribution in [-0.2, 0) is 9.53 Å². The number of rotatable bonds is 7. The summed E-state index contributed by atoms with van der Waals surface area (Å²) in [6, 6.07) is 3.59. The number of carbonyl (C=O) groups excluding carboxylic acids is 2. The lowest BCUT2D eigenvalue weighted by Gasteiger charge is -2.33. The van der Waals surface area contributed by atoms with Gasteiger partial charge in [-0.3, -0.25) is 9.69 Å². The number of hydrogen-bond donors (Lipinski definition) is 1. The Labute approximate surface area is 166 Å². The highest BCUT2D eigenvalue weighted by Gasteiger charge is 2.43. The van der Waals surface area contributed by atoms with Gasteiger partial charge in [0.25, 0.3) is 5.91 Å². The van der Waals surface area contributed by atoms with Crippen LogP contribution >= 0.6 is 0 Å². The van der Waals surface area contributed by atoms with Gasteiger partial charge in [-0.15, -0.1) is 6.58 Å². The van der Waals surface area contributed by atoms with Gasteiger partial charge in [-0.25, -0.2) is 4.79 Å². The quantitative estimate of drug-likeness (QED) is 0.582. The maximum Gasteiger partial charge on any atom is 0.322 e. The van der Waals surface area contributed by atoms with Crippen LogP contribution in [0, 0.1) is 20.8 Å². The van der Waals surface area contributed by atoms with E-state index in [9.17, 15) is 9.59 Å². The molecule has 6 heteroatoms. The minimum absolute atomic E-state index is 0.0113. The molecule has 2 heterocycles. The maximum absolute atomic E-state index is 13.3. The van der Waals surface area contributed by atoms with Crippen LogP contribution in [0.15, 0.2) is 36.1 Å². The molecule has 150 valence electrons. The van der Waals surface area contributed by atoms with Gasteiger partial charge in [0.15, 0.2) is 0 Å². The van der Waals surface area contributed by atoms with Crippen LogP contribution < -0.4 is 5.32 Å². The van der Waals surface area contributed by atoms with E-state index in [1.165, 1.54) is 5.56 Å². The largest absolute Gasteiger partial charge is 0.385 e. The predicted molar refractivity (Wildman–Crippen MR) is 109 cm³/mol. The lowest BCUT2D eigenvalue weighted by Crippen LogP contribution is -2.47. The first-order chi connectivity index (χ1) is 13.4. The first-order valence-electron chi connectivity index (χ1n) is 9.67. The van der Waals surface area contributed by atoms with Crippen molar-refractivity contribution in [2.45, 2.75) is 33.2 Å². The Morgan fingerprint density at radius 1 is 1.21 bits per heavy atom. The zero-order valence-corrected chi connectivity index (χ0v) is 17.2. The van der Waals surface area contributed by atoms with Crippen molar-refractivity contribution in [1.29, 1.82) is 0 Å². The van der Waals surface area contributed by atoms with Crippen molar-refractivity contribution in [2.75, 3.05) is 33.4 Å². The minimum Gasteiger partial charge on any atom is -0.385 e. The molecule has 0 saturated heterocycles. The van der Waals surface area contributed by atoms with Crippen molar-refractivity contribution >= 4 is 11.9 Å². The van der Waals surface area contributed by atoms with E-state index in [4.69, 9.17) is 4.74 Å². The molecule has 28 heavy (non-hydrogen) atoms. The lowest BCUT2D eigenvalue weighted by atomic mass is 9.90. The van der Waals surface area contributed by atoms with Gasteiger partial charge < -0.3 is 15.0 Å². The number of amides is 3. The molecule has 0 fully saturated rings. The third kappa shape index (κ3) is 3.56. The average Bonchev–Trinajstić information content (AvgIpc) is 2.97. The molecule has 0 saturated carbocycles. The third-order valence-corrected chi connectivity index (χ3v) is 5.58. The number of carbonyl (C=O) groups is 2. The standard InChI is InChI=1S/C22H29N3O3/c1-6-8-25-18-13-24(9-7-10-28-5)21(26)19(18)20(23-22(25)27)17-12-15(3)14(2)11-16(17)4/h6,11-12,20H,1,7-10,13H2,2-5H3,(H,23,27). The first-order valence-corrected chi connectivity index (χ1v) is 9.67. The summed E-state index contributed by atoms with van der Waals surface area (Å²) >= 11 is 0. The summed E-state index contributed by atoms with van der Waals surface area (Å²) in [6.45, 7) is 11.9. The molecule has 1 atom stereocenters. The second kappa shape index (κ2) is 8.19. The van der Waals surface area contributed by atoms with Crippen LogP contribution in [0.25, 0.3) is 0 Å². The number of aryl methyl sites for hydroxylation is 3. The van der Waals surface area contributed by atoms with Gasteiger partial charge >= 0.3 is 6.03 Å².